The summed E-state index contributed by atoms with van der Waals surface area (Å²) in [7, 11) is -6.84. The average Bonchev–Trinajstić information content (AvgIpc) is 3.79. The molecule has 0 unspecified atom stereocenters. The van der Waals surface area contributed by atoms with Crippen molar-refractivity contribution >= 4 is 75.5 Å². The second-order valence-corrected chi connectivity index (χ2v) is 18.6. The quantitative estimate of drug-likeness (QED) is 0.0490. The number of rotatable bonds is 12. The highest BCUT2D eigenvalue weighted by molar-refractivity contribution is 8.00. The van der Waals surface area contributed by atoms with Gasteiger partial charge in [0, 0.05) is 35.7 Å². The van der Waals surface area contributed by atoms with Crippen LogP contribution in [0.4, 0.5) is 23.2 Å². The van der Waals surface area contributed by atoms with Crippen LogP contribution in [0.2, 0.25) is 5.02 Å². The van der Waals surface area contributed by atoms with Crippen LogP contribution in [0.25, 0.3) is 0 Å². The van der Waals surface area contributed by atoms with Crippen molar-refractivity contribution in [2.24, 2.45) is 4.99 Å². The van der Waals surface area contributed by atoms with Crippen molar-refractivity contribution < 1.29 is 69.1 Å². The van der Waals surface area contributed by atoms with Gasteiger partial charge in [0.25, 0.3) is 0 Å². The van der Waals surface area contributed by atoms with Gasteiger partial charge in [-0.1, -0.05) is 16.8 Å². The van der Waals surface area contributed by atoms with E-state index in [-0.39, 0.29) is 38.4 Å². The molecule has 4 aromatic rings. The number of ketones is 1. The molecule has 0 bridgehead atoms. The SMILES string of the molecule is COC(=O)CSc1cc(/N=c2\sc(=O)n3n2CCCC3)c(F)cc1Cl.CS(=O)(=O)c1cc(C(F)(F)F)ccc1C(=O)c1cnoc1C1CC1.O=C(O)CNCP(=O)(O)O. The summed E-state index contributed by atoms with van der Waals surface area (Å²) in [5.41, 5.74) is -1.29. The minimum atomic E-state index is -4.71. The summed E-state index contributed by atoms with van der Waals surface area (Å²) in [5.74, 6) is -2.39. The Morgan fingerprint density at radius 1 is 1.14 bits per heavy atom. The van der Waals surface area contributed by atoms with E-state index in [1.807, 2.05) is 0 Å². The van der Waals surface area contributed by atoms with Gasteiger partial charge in [-0.2, -0.15) is 13.2 Å². The van der Waals surface area contributed by atoms with Crippen LogP contribution in [-0.2, 0) is 48.0 Å². The number of carbonyl (C=O) groups excluding carboxylic acids is 2. The number of fused-ring (bicyclic) bond motifs is 1. The Labute approximate surface area is 345 Å². The van der Waals surface area contributed by atoms with Gasteiger partial charge in [0.15, 0.2) is 21.4 Å². The number of carboxylic acid groups (broad SMARTS) is 1. The van der Waals surface area contributed by atoms with E-state index in [9.17, 15) is 49.7 Å². The molecule has 0 radical (unpaired) electrons. The first kappa shape index (κ1) is 47.5. The first-order valence-corrected chi connectivity index (χ1v) is 22.8. The maximum atomic E-state index is 14.3. The van der Waals surface area contributed by atoms with Crippen LogP contribution >= 0.6 is 42.3 Å². The lowest BCUT2D eigenvalue weighted by Crippen LogP contribution is -2.31. The van der Waals surface area contributed by atoms with Crippen molar-refractivity contribution in [2.45, 2.75) is 60.7 Å². The fourth-order valence-corrected chi connectivity index (χ4v) is 8.43. The Bertz CT molecular complexity index is 2500. The van der Waals surface area contributed by atoms with E-state index in [4.69, 9.17) is 31.0 Å². The summed E-state index contributed by atoms with van der Waals surface area (Å²) in [6, 6.07) is 4.69. The summed E-state index contributed by atoms with van der Waals surface area (Å²) >= 11 is 8.17. The lowest BCUT2D eigenvalue weighted by Gasteiger charge is -2.15. The molecule has 4 N–H and O–H groups in total. The largest absolute Gasteiger partial charge is 0.480 e. The molecule has 0 atom stereocenters. The van der Waals surface area contributed by atoms with Crippen molar-refractivity contribution in [3.63, 3.8) is 0 Å². The first-order valence-electron chi connectivity index (χ1n) is 16.9. The summed E-state index contributed by atoms with van der Waals surface area (Å²) in [5, 5.41) is 13.8. The van der Waals surface area contributed by atoms with E-state index in [1.165, 1.54) is 19.4 Å². The highest BCUT2D eigenvalue weighted by Crippen LogP contribution is 2.42. The fraction of sp³-hybridized carbons (Fsp3) is 0.394. The number of aromatic nitrogens is 3. The smallest absolute Gasteiger partial charge is 0.416 e. The molecule has 1 aliphatic carbocycles. The van der Waals surface area contributed by atoms with Gasteiger partial charge in [-0.25, -0.2) is 22.5 Å². The second-order valence-electron chi connectivity index (χ2n) is 12.6. The second kappa shape index (κ2) is 19.9. The Balaban J connectivity index is 0.000000213. The molecule has 2 aromatic carbocycles. The Kier molecular flexibility index (Phi) is 16.1. The molecule has 26 heteroatoms. The van der Waals surface area contributed by atoms with Crippen molar-refractivity contribution in [1.29, 1.82) is 0 Å². The summed E-state index contributed by atoms with van der Waals surface area (Å²) in [6.45, 7) is 0.885. The zero-order valence-electron chi connectivity index (χ0n) is 30.8. The Morgan fingerprint density at radius 3 is 2.37 bits per heavy atom. The van der Waals surface area contributed by atoms with E-state index >= 15 is 0 Å². The van der Waals surface area contributed by atoms with E-state index in [1.54, 1.807) is 9.36 Å². The molecule has 2 aliphatic rings. The highest BCUT2D eigenvalue weighted by Gasteiger charge is 2.36. The summed E-state index contributed by atoms with van der Waals surface area (Å²) < 4.78 is 99.6. The number of hydrogen-bond acceptors (Lipinski definition) is 14. The molecule has 6 rings (SSSR count). The lowest BCUT2D eigenvalue weighted by molar-refractivity contribution is -0.138. The number of nitrogens with zero attached hydrogens (tertiary/aromatic N) is 4. The number of thioether (sulfide) groups is 1. The molecule has 2 aromatic heterocycles. The molecular formula is C33H35ClF4N5O12PS3. The number of benzene rings is 2. The van der Waals surface area contributed by atoms with Crippen LogP contribution in [0.15, 0.2) is 60.6 Å². The Hall–Kier alpha value is -4.16. The number of ether oxygens (including phenoxy) is 1. The van der Waals surface area contributed by atoms with Gasteiger partial charge >= 0.3 is 30.6 Å². The van der Waals surface area contributed by atoms with E-state index in [0.29, 0.717) is 40.7 Å². The number of esters is 1. The zero-order valence-corrected chi connectivity index (χ0v) is 34.9. The van der Waals surface area contributed by atoms with Crippen molar-refractivity contribution in [1.82, 2.24) is 19.8 Å². The number of alkyl halides is 3. The third-order valence-electron chi connectivity index (χ3n) is 8.02. The predicted molar refractivity (Wildman–Crippen MR) is 204 cm³/mol. The predicted octanol–water partition coefficient (Wildman–Crippen LogP) is 4.80. The average molecular weight is 932 g/mol. The normalized spacial score (nSPS) is 14.4. The molecule has 0 spiro atoms. The van der Waals surface area contributed by atoms with Gasteiger partial charge in [-0.05, 0) is 67.4 Å². The number of methoxy groups -OCH3 is 1. The van der Waals surface area contributed by atoms with E-state index < -0.39 is 70.4 Å². The van der Waals surface area contributed by atoms with Gasteiger partial charge in [0.05, 0.1) is 52.9 Å². The minimum absolute atomic E-state index is 0.0441. The number of halogens is 5. The molecule has 3 heterocycles. The van der Waals surface area contributed by atoms with Crippen molar-refractivity contribution in [3.05, 3.63) is 84.3 Å². The van der Waals surface area contributed by atoms with Crippen LogP contribution in [0, 0.1) is 5.82 Å². The fourth-order valence-electron chi connectivity index (χ4n) is 5.14. The van der Waals surface area contributed by atoms with Crippen LogP contribution in [0.3, 0.4) is 0 Å². The van der Waals surface area contributed by atoms with Crippen LogP contribution in [0.1, 0.15) is 58.8 Å². The molecule has 59 heavy (non-hydrogen) atoms. The third-order valence-corrected chi connectivity index (χ3v) is 12.1. The molecule has 1 aliphatic heterocycles. The monoisotopic (exact) mass is 931 g/mol. The van der Waals surface area contributed by atoms with Gasteiger partial charge in [0.2, 0.25) is 4.80 Å². The van der Waals surface area contributed by atoms with Crippen LogP contribution < -0.4 is 15.0 Å². The molecule has 322 valence electrons. The van der Waals surface area contributed by atoms with Crippen LogP contribution in [-0.4, -0.2) is 87.5 Å². The molecule has 17 nitrogen and oxygen atoms in total. The van der Waals surface area contributed by atoms with Gasteiger partial charge in [-0.15, -0.1) is 11.8 Å². The van der Waals surface area contributed by atoms with Crippen molar-refractivity contribution in [3.8, 4) is 0 Å². The first-order chi connectivity index (χ1) is 27.5. The number of hydrogen-bond donors (Lipinski definition) is 4. The summed E-state index contributed by atoms with van der Waals surface area (Å²) in [4.78, 5) is 66.6. The molecule has 0 saturated heterocycles. The standard InChI is InChI=1S/C15H15ClFN3O3S2.C15H12F3NO4S.C3H8NO5P/c1-23-13(21)8-24-12-7-11(10(17)6-9(12)16)18-14-19-4-2-3-5-20(19)15(22)25-14;1-24(21,22)12-6-9(15(16,17)18)4-5-10(12)13(20)11-7-19-23-14(11)8-2-3-8;5-3(6)1-4-2-10(7,8)9/h6-7H,2-5,8H2,1H3;4-8H,2-3H2,1H3;4H,1-2H2,(H,5,6)(H2,7,8,9)/b18-14-;;. The Morgan fingerprint density at radius 2 is 1.80 bits per heavy atom. The topological polar surface area (TPSA) is 250 Å². The van der Waals surface area contributed by atoms with Gasteiger partial charge < -0.3 is 24.2 Å². The summed E-state index contributed by atoms with van der Waals surface area (Å²) in [6.07, 6.45) is 0.153. The number of aliphatic carboxylic acids is 1. The maximum Gasteiger partial charge on any atom is 0.416 e. The molecule has 1 saturated carbocycles. The lowest BCUT2D eigenvalue weighted by atomic mass is 10.0. The van der Waals surface area contributed by atoms with E-state index in [0.717, 1.165) is 67.2 Å². The van der Waals surface area contributed by atoms with Gasteiger partial charge in [-0.3, -0.25) is 33.7 Å². The van der Waals surface area contributed by atoms with Crippen molar-refractivity contribution in [2.75, 3.05) is 31.9 Å². The van der Waals surface area contributed by atoms with E-state index in [2.05, 4.69) is 20.2 Å². The molecule has 0 amide bonds. The molecular weight excluding hydrogens is 897 g/mol. The maximum absolute atomic E-state index is 14.3. The highest BCUT2D eigenvalue weighted by atomic mass is 35.5. The minimum Gasteiger partial charge on any atom is -0.480 e. The zero-order chi connectivity index (χ0) is 43.9. The molecule has 1 fully saturated rings. The van der Waals surface area contributed by atoms with Crippen LogP contribution in [0.5, 0.6) is 0 Å². The number of sulfone groups is 1. The third kappa shape index (κ3) is 13.7. The number of nitrogens with one attached hydrogen (secondary N) is 1. The van der Waals surface area contributed by atoms with Gasteiger partial charge in [0.1, 0.15) is 11.5 Å². The number of carbonyl (C=O) groups is 3. The number of carboxylic acids is 1.